The van der Waals surface area contributed by atoms with Gasteiger partial charge < -0.3 is 9.67 Å². The summed E-state index contributed by atoms with van der Waals surface area (Å²) in [4.78, 5) is 11.3. The summed E-state index contributed by atoms with van der Waals surface area (Å²) in [5.41, 5.74) is 0.680. The lowest BCUT2D eigenvalue weighted by atomic mass is 10.1. The zero-order valence-electron chi connectivity index (χ0n) is 15.8. The van der Waals surface area contributed by atoms with E-state index in [1.165, 1.54) is 18.2 Å². The van der Waals surface area contributed by atoms with Crippen LogP contribution in [0.1, 0.15) is 49.2 Å². The predicted molar refractivity (Wildman–Crippen MR) is 102 cm³/mol. The smallest absolute Gasteiger partial charge is 0.416 e. The average Bonchev–Trinajstić information content (AvgIpc) is 3.07. The van der Waals surface area contributed by atoms with Crippen LogP contribution in [0, 0.1) is 0 Å². The third-order valence-corrected chi connectivity index (χ3v) is 3.65. The quantitative estimate of drug-likeness (QED) is 0.567. The average molecular weight is 379 g/mol. The summed E-state index contributed by atoms with van der Waals surface area (Å²) in [5.74, 6) is -1.04. The molecule has 0 saturated carbocycles. The third-order valence-electron chi connectivity index (χ3n) is 3.65. The van der Waals surface area contributed by atoms with Crippen LogP contribution in [0.2, 0.25) is 0 Å². The lowest BCUT2D eigenvalue weighted by molar-refractivity contribution is -0.137. The molecule has 146 valence electrons. The molecular weight excluding hydrogens is 355 g/mol. The first-order valence-corrected chi connectivity index (χ1v) is 8.83. The standard InChI is InChI=1S/C17H12F3NO2.2C2H6/c18-17(19,20)13-6-4-11(5-7-13)10-21-9-8-12-2-1-3-14(15(12)21)16(22)23;2*1-2/h1-9H,10H2,(H,22,23);2*1-2H3. The number of nitrogens with zero attached hydrogens (tertiary/aromatic N) is 1. The van der Waals surface area contributed by atoms with Crippen molar-refractivity contribution in [1.29, 1.82) is 0 Å². The molecule has 0 amide bonds. The highest BCUT2D eigenvalue weighted by atomic mass is 19.4. The van der Waals surface area contributed by atoms with Crippen molar-refractivity contribution in [1.82, 2.24) is 4.57 Å². The number of carboxylic acid groups (broad SMARTS) is 1. The number of para-hydroxylation sites is 1. The number of fused-ring (bicyclic) bond motifs is 1. The van der Waals surface area contributed by atoms with Gasteiger partial charge in [-0.1, -0.05) is 52.0 Å². The Labute approximate surface area is 157 Å². The number of aromatic nitrogens is 1. The molecule has 3 rings (SSSR count). The van der Waals surface area contributed by atoms with Gasteiger partial charge in [0, 0.05) is 18.1 Å². The SMILES string of the molecule is CC.CC.O=C(O)c1cccc2ccn(Cc3ccc(C(F)(F)F)cc3)c12. The van der Waals surface area contributed by atoms with E-state index in [-0.39, 0.29) is 5.56 Å². The zero-order valence-corrected chi connectivity index (χ0v) is 15.8. The molecule has 3 aromatic rings. The predicted octanol–water partition coefficient (Wildman–Crippen LogP) is 6.46. The maximum Gasteiger partial charge on any atom is 0.416 e. The van der Waals surface area contributed by atoms with Gasteiger partial charge in [0.1, 0.15) is 0 Å². The maximum atomic E-state index is 12.6. The van der Waals surface area contributed by atoms with Gasteiger partial charge >= 0.3 is 12.1 Å². The van der Waals surface area contributed by atoms with E-state index in [9.17, 15) is 23.1 Å². The molecule has 27 heavy (non-hydrogen) atoms. The van der Waals surface area contributed by atoms with Gasteiger partial charge in [0.2, 0.25) is 0 Å². The maximum absolute atomic E-state index is 12.6. The Morgan fingerprint density at radius 1 is 0.963 bits per heavy atom. The number of hydrogen-bond acceptors (Lipinski definition) is 1. The minimum atomic E-state index is -4.37. The van der Waals surface area contributed by atoms with Gasteiger partial charge in [0.25, 0.3) is 0 Å². The van der Waals surface area contributed by atoms with Gasteiger partial charge in [0.15, 0.2) is 0 Å². The number of carbonyl (C=O) groups is 1. The van der Waals surface area contributed by atoms with E-state index in [4.69, 9.17) is 0 Å². The monoisotopic (exact) mass is 379 g/mol. The molecule has 0 bridgehead atoms. The number of aromatic carboxylic acids is 1. The summed E-state index contributed by atoms with van der Waals surface area (Å²) in [5, 5.41) is 10.1. The lowest BCUT2D eigenvalue weighted by Gasteiger charge is -2.10. The minimum Gasteiger partial charge on any atom is -0.478 e. The van der Waals surface area contributed by atoms with E-state index in [0.717, 1.165) is 17.5 Å². The first kappa shape index (κ1) is 22.3. The summed E-state index contributed by atoms with van der Waals surface area (Å²) in [7, 11) is 0. The summed E-state index contributed by atoms with van der Waals surface area (Å²) >= 11 is 0. The molecule has 1 N–H and O–H groups in total. The van der Waals surface area contributed by atoms with E-state index in [0.29, 0.717) is 17.6 Å². The van der Waals surface area contributed by atoms with Crippen LogP contribution in [0.4, 0.5) is 13.2 Å². The van der Waals surface area contributed by atoms with E-state index >= 15 is 0 Å². The van der Waals surface area contributed by atoms with Crippen molar-refractivity contribution >= 4 is 16.9 Å². The molecule has 0 atom stereocenters. The molecule has 2 aromatic carbocycles. The Balaban J connectivity index is 0.000000855. The van der Waals surface area contributed by atoms with Gasteiger partial charge in [-0.15, -0.1) is 0 Å². The van der Waals surface area contributed by atoms with Crippen molar-refractivity contribution in [3.05, 3.63) is 71.4 Å². The Bertz CT molecular complexity index is 865. The zero-order chi connectivity index (χ0) is 20.6. The van der Waals surface area contributed by atoms with Crippen molar-refractivity contribution in [2.75, 3.05) is 0 Å². The lowest BCUT2D eigenvalue weighted by Crippen LogP contribution is -2.06. The van der Waals surface area contributed by atoms with Gasteiger partial charge in [-0.05, 0) is 29.8 Å². The Morgan fingerprint density at radius 3 is 2.07 bits per heavy atom. The molecule has 0 spiro atoms. The topological polar surface area (TPSA) is 42.2 Å². The molecule has 6 heteroatoms. The minimum absolute atomic E-state index is 0.166. The van der Waals surface area contributed by atoms with Crippen molar-refractivity contribution in [3.63, 3.8) is 0 Å². The highest BCUT2D eigenvalue weighted by Crippen LogP contribution is 2.29. The van der Waals surface area contributed by atoms with E-state index in [1.54, 1.807) is 29.0 Å². The fraction of sp³-hybridized carbons (Fsp3) is 0.286. The molecular formula is C21H24F3NO2. The van der Waals surface area contributed by atoms with E-state index < -0.39 is 17.7 Å². The van der Waals surface area contributed by atoms with Gasteiger partial charge in [0.05, 0.1) is 16.6 Å². The molecule has 1 aromatic heterocycles. The second-order valence-electron chi connectivity index (χ2n) is 5.19. The van der Waals surface area contributed by atoms with Crippen LogP contribution in [0.5, 0.6) is 0 Å². The number of rotatable bonds is 3. The fourth-order valence-corrected chi connectivity index (χ4v) is 2.56. The molecule has 3 nitrogen and oxygen atoms in total. The number of carboxylic acids is 1. The molecule has 0 unspecified atom stereocenters. The van der Waals surface area contributed by atoms with Gasteiger partial charge in [-0.2, -0.15) is 13.2 Å². The Morgan fingerprint density at radius 2 is 1.56 bits per heavy atom. The van der Waals surface area contributed by atoms with Gasteiger partial charge in [-0.3, -0.25) is 0 Å². The molecule has 0 fully saturated rings. The number of benzene rings is 2. The number of halogens is 3. The van der Waals surface area contributed by atoms with Crippen LogP contribution >= 0.6 is 0 Å². The third kappa shape index (κ3) is 5.36. The molecule has 1 heterocycles. The highest BCUT2D eigenvalue weighted by Gasteiger charge is 2.29. The van der Waals surface area contributed by atoms with Crippen LogP contribution in [0.25, 0.3) is 10.9 Å². The summed E-state index contributed by atoms with van der Waals surface area (Å²) in [6.45, 7) is 8.30. The van der Waals surface area contributed by atoms with E-state index in [1.807, 2.05) is 27.7 Å². The van der Waals surface area contributed by atoms with Crippen LogP contribution in [0.3, 0.4) is 0 Å². The molecule has 0 aliphatic carbocycles. The first-order chi connectivity index (χ1) is 12.9. The second-order valence-corrected chi connectivity index (χ2v) is 5.19. The van der Waals surface area contributed by atoms with Crippen molar-refractivity contribution in [2.24, 2.45) is 0 Å². The summed E-state index contributed by atoms with van der Waals surface area (Å²) in [6, 6.07) is 11.6. The van der Waals surface area contributed by atoms with Crippen LogP contribution in [0.15, 0.2) is 54.7 Å². The van der Waals surface area contributed by atoms with Crippen LogP contribution < -0.4 is 0 Å². The molecule has 0 radical (unpaired) electrons. The summed E-state index contributed by atoms with van der Waals surface area (Å²) < 4.78 is 39.5. The number of hydrogen-bond donors (Lipinski definition) is 1. The molecule has 0 aliphatic heterocycles. The second kappa shape index (κ2) is 9.80. The van der Waals surface area contributed by atoms with Gasteiger partial charge in [-0.25, -0.2) is 4.79 Å². The highest BCUT2D eigenvalue weighted by molar-refractivity contribution is 6.02. The number of alkyl halides is 3. The first-order valence-electron chi connectivity index (χ1n) is 8.83. The summed E-state index contributed by atoms with van der Waals surface area (Å²) in [6.07, 6.45) is -2.63. The van der Waals surface area contributed by atoms with Crippen molar-refractivity contribution in [3.8, 4) is 0 Å². The Hall–Kier alpha value is -2.76. The normalized spacial score (nSPS) is 10.5. The van der Waals surface area contributed by atoms with E-state index in [2.05, 4.69) is 0 Å². The molecule has 0 saturated heterocycles. The molecule has 0 aliphatic rings. The largest absolute Gasteiger partial charge is 0.478 e. The van der Waals surface area contributed by atoms with Crippen molar-refractivity contribution < 1.29 is 23.1 Å². The van der Waals surface area contributed by atoms with Crippen LogP contribution in [-0.2, 0) is 12.7 Å². The Kier molecular flexibility index (Phi) is 8.09. The fourth-order valence-electron chi connectivity index (χ4n) is 2.56. The van der Waals surface area contributed by atoms with Crippen molar-refractivity contribution in [2.45, 2.75) is 40.4 Å². The van der Waals surface area contributed by atoms with Crippen LogP contribution in [-0.4, -0.2) is 15.6 Å².